The Hall–Kier alpha value is -0.790. The lowest BCUT2D eigenvalue weighted by Crippen LogP contribution is -2.38. The molecule has 0 saturated heterocycles. The van der Waals surface area contributed by atoms with Gasteiger partial charge in [-0.2, -0.15) is 4.68 Å². The molecule has 0 amide bonds. The van der Waals surface area contributed by atoms with Crippen molar-refractivity contribution in [2.45, 2.75) is 39.7 Å². The molecular weight excluding hydrogens is 148 g/mol. The van der Waals surface area contributed by atoms with Crippen LogP contribution in [0.3, 0.4) is 0 Å². The van der Waals surface area contributed by atoms with Crippen molar-refractivity contribution >= 4 is 0 Å². The van der Waals surface area contributed by atoms with Gasteiger partial charge in [-0.15, -0.1) is 4.68 Å². The molecule has 1 aromatic rings. The van der Waals surface area contributed by atoms with E-state index in [-0.39, 0.29) is 0 Å². The summed E-state index contributed by atoms with van der Waals surface area (Å²) in [4.78, 5) is 0. The molecule has 2 nitrogen and oxygen atoms in total. The summed E-state index contributed by atoms with van der Waals surface area (Å²) in [7, 11) is 2.10. The smallest absolute Gasteiger partial charge is 0.158 e. The van der Waals surface area contributed by atoms with E-state index in [0.29, 0.717) is 0 Å². The average molecular weight is 167 g/mol. The van der Waals surface area contributed by atoms with E-state index in [1.165, 1.54) is 25.0 Å². The predicted molar refractivity (Wildman–Crippen MR) is 49.9 cm³/mol. The molecule has 12 heavy (non-hydrogen) atoms. The van der Waals surface area contributed by atoms with Crippen molar-refractivity contribution in [3.63, 3.8) is 0 Å². The van der Waals surface area contributed by atoms with Crippen LogP contribution in [0.25, 0.3) is 0 Å². The molecule has 0 N–H and O–H groups in total. The molecule has 0 radical (unpaired) electrons. The Morgan fingerprint density at radius 3 is 2.67 bits per heavy atom. The van der Waals surface area contributed by atoms with E-state index >= 15 is 0 Å². The number of unbranched alkanes of at least 4 members (excludes halogenated alkanes) is 2. The summed E-state index contributed by atoms with van der Waals surface area (Å²) in [6.45, 7) is 5.55. The van der Waals surface area contributed by atoms with Gasteiger partial charge in [-0.1, -0.05) is 19.8 Å². The van der Waals surface area contributed by atoms with Gasteiger partial charge in [-0.3, -0.25) is 0 Å². The summed E-state index contributed by atoms with van der Waals surface area (Å²) in [6.07, 6.45) is 6.03. The van der Waals surface area contributed by atoms with Crippen molar-refractivity contribution in [2.75, 3.05) is 0 Å². The average Bonchev–Trinajstić information content (AvgIpc) is 2.35. The van der Waals surface area contributed by atoms with E-state index in [1.54, 1.807) is 0 Å². The largest absolute Gasteiger partial charge is 0.195 e. The minimum atomic E-state index is 1.16. The summed E-state index contributed by atoms with van der Waals surface area (Å²) >= 11 is 0. The lowest BCUT2D eigenvalue weighted by molar-refractivity contribution is -0.754. The summed E-state index contributed by atoms with van der Waals surface area (Å²) in [5, 5.41) is 0. The highest BCUT2D eigenvalue weighted by molar-refractivity contribution is 4.92. The third kappa shape index (κ3) is 2.10. The van der Waals surface area contributed by atoms with Gasteiger partial charge in [0.05, 0.1) is 12.2 Å². The SMILES string of the molecule is CCCCCn1c(C)cc[n+]1C. The Balaban J connectivity index is 2.50. The second-order valence-corrected chi connectivity index (χ2v) is 3.36. The molecule has 0 fully saturated rings. The first-order valence-electron chi connectivity index (χ1n) is 4.77. The van der Waals surface area contributed by atoms with Gasteiger partial charge in [0.25, 0.3) is 0 Å². The van der Waals surface area contributed by atoms with Gasteiger partial charge in [-0.05, 0) is 13.3 Å². The molecular formula is C10H19N2+. The van der Waals surface area contributed by atoms with Crippen molar-refractivity contribution in [3.8, 4) is 0 Å². The van der Waals surface area contributed by atoms with Gasteiger partial charge in [0.2, 0.25) is 0 Å². The van der Waals surface area contributed by atoms with E-state index in [0.717, 1.165) is 6.54 Å². The minimum Gasteiger partial charge on any atom is -0.158 e. The Bertz CT molecular complexity index is 218. The molecule has 1 rings (SSSR count). The highest BCUT2D eigenvalue weighted by atomic mass is 15.4. The first kappa shape index (κ1) is 9.30. The molecule has 0 aromatic carbocycles. The van der Waals surface area contributed by atoms with Crippen LogP contribution in [0.2, 0.25) is 0 Å². The highest BCUT2D eigenvalue weighted by Crippen LogP contribution is 1.99. The van der Waals surface area contributed by atoms with Gasteiger partial charge in [0.1, 0.15) is 0 Å². The summed E-state index contributed by atoms with van der Waals surface area (Å²) in [6, 6.07) is 2.16. The van der Waals surface area contributed by atoms with Crippen LogP contribution in [-0.4, -0.2) is 4.68 Å². The van der Waals surface area contributed by atoms with Crippen LogP contribution in [0, 0.1) is 6.92 Å². The maximum Gasteiger partial charge on any atom is 0.195 e. The molecule has 0 saturated carbocycles. The molecule has 0 aliphatic carbocycles. The molecule has 68 valence electrons. The predicted octanol–water partition coefficient (Wildman–Crippen LogP) is 1.81. The summed E-state index contributed by atoms with van der Waals surface area (Å²) < 4.78 is 4.47. The fraction of sp³-hybridized carbons (Fsp3) is 0.700. The topological polar surface area (TPSA) is 8.81 Å². The molecule has 0 bridgehead atoms. The van der Waals surface area contributed by atoms with Crippen LogP contribution in [-0.2, 0) is 13.6 Å². The van der Waals surface area contributed by atoms with Crippen LogP contribution in [0.15, 0.2) is 12.3 Å². The first-order valence-corrected chi connectivity index (χ1v) is 4.77. The monoisotopic (exact) mass is 167 g/mol. The standard InChI is InChI=1S/C10H19N2/c1-4-5-6-8-12-10(2)7-9-11(12)3/h7,9H,4-6,8H2,1-3H3/q+1. The van der Waals surface area contributed by atoms with Crippen molar-refractivity contribution in [2.24, 2.45) is 7.05 Å². The van der Waals surface area contributed by atoms with Crippen molar-refractivity contribution in [3.05, 3.63) is 18.0 Å². The van der Waals surface area contributed by atoms with Gasteiger partial charge < -0.3 is 0 Å². The number of nitrogens with zero attached hydrogens (tertiary/aromatic N) is 2. The van der Waals surface area contributed by atoms with E-state index in [2.05, 4.69) is 42.5 Å². The Morgan fingerprint density at radius 2 is 2.17 bits per heavy atom. The second-order valence-electron chi connectivity index (χ2n) is 3.36. The normalized spacial score (nSPS) is 10.6. The molecule has 0 unspecified atom stereocenters. The second kappa shape index (κ2) is 4.29. The maximum absolute atomic E-state index is 2.32. The van der Waals surface area contributed by atoms with Crippen molar-refractivity contribution in [1.82, 2.24) is 4.68 Å². The Kier molecular flexibility index (Phi) is 3.32. The zero-order valence-electron chi connectivity index (χ0n) is 8.38. The van der Waals surface area contributed by atoms with E-state index < -0.39 is 0 Å². The quantitative estimate of drug-likeness (QED) is 0.478. The molecule has 0 aliphatic heterocycles. The Labute approximate surface area is 74.8 Å². The lowest BCUT2D eigenvalue weighted by atomic mass is 10.2. The molecule has 0 spiro atoms. The van der Waals surface area contributed by atoms with Gasteiger partial charge >= 0.3 is 0 Å². The maximum atomic E-state index is 2.32. The number of hydrogen-bond acceptors (Lipinski definition) is 0. The van der Waals surface area contributed by atoms with E-state index in [1.807, 2.05) is 0 Å². The lowest BCUT2D eigenvalue weighted by Gasteiger charge is -2.01. The van der Waals surface area contributed by atoms with Gasteiger partial charge in [-0.25, -0.2) is 0 Å². The molecule has 0 atom stereocenters. The van der Waals surface area contributed by atoms with Crippen molar-refractivity contribution < 1.29 is 4.68 Å². The Morgan fingerprint density at radius 1 is 1.42 bits per heavy atom. The zero-order valence-corrected chi connectivity index (χ0v) is 8.38. The van der Waals surface area contributed by atoms with Crippen LogP contribution < -0.4 is 4.68 Å². The molecule has 1 heterocycles. The van der Waals surface area contributed by atoms with Crippen LogP contribution in [0.1, 0.15) is 31.9 Å². The fourth-order valence-corrected chi connectivity index (χ4v) is 1.48. The minimum absolute atomic E-state index is 1.16. The molecule has 1 aromatic heterocycles. The highest BCUT2D eigenvalue weighted by Gasteiger charge is 2.05. The number of hydrogen-bond donors (Lipinski definition) is 0. The summed E-state index contributed by atoms with van der Waals surface area (Å²) in [5.41, 5.74) is 1.36. The number of aryl methyl sites for hydroxylation is 2. The summed E-state index contributed by atoms with van der Waals surface area (Å²) in [5.74, 6) is 0. The van der Waals surface area contributed by atoms with E-state index in [4.69, 9.17) is 0 Å². The first-order chi connectivity index (χ1) is 5.75. The van der Waals surface area contributed by atoms with Crippen LogP contribution in [0.4, 0.5) is 0 Å². The number of rotatable bonds is 4. The third-order valence-corrected chi connectivity index (χ3v) is 2.29. The van der Waals surface area contributed by atoms with Crippen LogP contribution >= 0.6 is 0 Å². The van der Waals surface area contributed by atoms with Crippen molar-refractivity contribution in [1.29, 1.82) is 0 Å². The molecule has 2 heteroatoms. The fourth-order valence-electron chi connectivity index (χ4n) is 1.48. The van der Waals surface area contributed by atoms with Crippen LogP contribution in [0.5, 0.6) is 0 Å². The van der Waals surface area contributed by atoms with E-state index in [9.17, 15) is 0 Å². The number of aromatic nitrogens is 2. The van der Waals surface area contributed by atoms with Gasteiger partial charge in [0.15, 0.2) is 13.2 Å². The molecule has 0 aliphatic rings. The third-order valence-electron chi connectivity index (χ3n) is 2.29. The zero-order chi connectivity index (χ0) is 8.97. The van der Waals surface area contributed by atoms with Gasteiger partial charge in [0, 0.05) is 6.07 Å².